The quantitative estimate of drug-likeness (QED) is 0.448. The second-order valence-electron chi connectivity index (χ2n) is 7.31. The number of carbonyl (C=O) groups is 1. The molecule has 0 radical (unpaired) electrons. The Bertz CT molecular complexity index is 1050. The average molecular weight is 462 g/mol. The lowest BCUT2D eigenvalue weighted by Crippen LogP contribution is -2.36. The van der Waals surface area contributed by atoms with E-state index in [9.17, 15) is 17.6 Å². The second-order valence-corrected chi connectivity index (χ2v) is 9.43. The molecule has 2 aromatic rings. The van der Waals surface area contributed by atoms with E-state index in [0.717, 1.165) is 32.1 Å². The summed E-state index contributed by atoms with van der Waals surface area (Å²) in [6, 6.07) is 11.9. The summed E-state index contributed by atoms with van der Waals surface area (Å²) in [5.41, 5.74) is 1.22. The summed E-state index contributed by atoms with van der Waals surface area (Å²) >= 11 is 5.12. The van der Waals surface area contributed by atoms with E-state index in [2.05, 4.69) is 15.4 Å². The number of carbonyl (C=O) groups excluding carboxylic acids is 1. The number of hydrogen-bond donors (Lipinski definition) is 3. The highest BCUT2D eigenvalue weighted by Gasteiger charge is 2.21. The zero-order chi connectivity index (χ0) is 22.3. The van der Waals surface area contributed by atoms with Gasteiger partial charge in [0.15, 0.2) is 5.11 Å². The van der Waals surface area contributed by atoms with Gasteiger partial charge in [-0.2, -0.15) is 0 Å². The fourth-order valence-corrected chi connectivity index (χ4v) is 4.81. The SMILES string of the molecule is O=C(C=Cc1ccc(F)cc1)NC(=S)Nc1ccc(S(=O)(=O)NC2CCCCC2)cc1. The molecule has 1 saturated carbocycles. The van der Waals surface area contributed by atoms with Crippen LogP contribution in [-0.4, -0.2) is 25.5 Å². The molecular formula is C22H24FN3O3S2. The van der Waals surface area contributed by atoms with Crippen LogP contribution in [0, 0.1) is 5.82 Å². The number of nitrogens with one attached hydrogen (secondary N) is 3. The number of sulfonamides is 1. The first kappa shape index (κ1) is 23.1. The maximum Gasteiger partial charge on any atom is 0.250 e. The van der Waals surface area contributed by atoms with Crippen molar-refractivity contribution in [3.63, 3.8) is 0 Å². The lowest BCUT2D eigenvalue weighted by atomic mass is 9.96. The molecule has 0 saturated heterocycles. The molecule has 1 amide bonds. The Morgan fingerprint density at radius 3 is 2.29 bits per heavy atom. The minimum atomic E-state index is -3.57. The monoisotopic (exact) mass is 461 g/mol. The van der Waals surface area contributed by atoms with Crippen LogP contribution in [0.3, 0.4) is 0 Å². The molecule has 3 rings (SSSR count). The molecule has 0 bridgehead atoms. The van der Waals surface area contributed by atoms with Gasteiger partial charge < -0.3 is 5.32 Å². The molecule has 3 N–H and O–H groups in total. The topological polar surface area (TPSA) is 87.3 Å². The fraction of sp³-hybridized carbons (Fsp3) is 0.273. The van der Waals surface area contributed by atoms with Gasteiger partial charge in [0.05, 0.1) is 4.90 Å². The van der Waals surface area contributed by atoms with E-state index in [0.29, 0.717) is 11.3 Å². The number of rotatable bonds is 6. The van der Waals surface area contributed by atoms with Crippen LogP contribution in [0.2, 0.25) is 0 Å². The van der Waals surface area contributed by atoms with Crippen molar-refractivity contribution in [1.29, 1.82) is 0 Å². The van der Waals surface area contributed by atoms with Crippen molar-refractivity contribution in [2.24, 2.45) is 0 Å². The highest BCUT2D eigenvalue weighted by Crippen LogP contribution is 2.20. The first-order valence-corrected chi connectivity index (χ1v) is 11.9. The number of hydrogen-bond acceptors (Lipinski definition) is 4. The van der Waals surface area contributed by atoms with Crippen LogP contribution in [-0.2, 0) is 14.8 Å². The van der Waals surface area contributed by atoms with Gasteiger partial charge in [0.25, 0.3) is 0 Å². The molecule has 0 heterocycles. The van der Waals surface area contributed by atoms with Gasteiger partial charge in [0, 0.05) is 17.8 Å². The molecule has 1 fully saturated rings. The van der Waals surface area contributed by atoms with Gasteiger partial charge in [-0.15, -0.1) is 0 Å². The first-order chi connectivity index (χ1) is 14.8. The van der Waals surface area contributed by atoms with E-state index in [-0.39, 0.29) is 21.9 Å². The van der Waals surface area contributed by atoms with Crippen molar-refractivity contribution in [1.82, 2.24) is 10.0 Å². The summed E-state index contributed by atoms with van der Waals surface area (Å²) in [7, 11) is -3.57. The Balaban J connectivity index is 1.52. The van der Waals surface area contributed by atoms with Crippen molar-refractivity contribution in [2.75, 3.05) is 5.32 Å². The molecule has 31 heavy (non-hydrogen) atoms. The molecular weight excluding hydrogens is 437 g/mol. The van der Waals surface area contributed by atoms with Crippen LogP contribution in [0.15, 0.2) is 59.5 Å². The van der Waals surface area contributed by atoms with Crippen LogP contribution < -0.4 is 15.4 Å². The molecule has 0 aliphatic heterocycles. The molecule has 1 aliphatic carbocycles. The summed E-state index contributed by atoms with van der Waals surface area (Å²) in [5.74, 6) is -0.798. The zero-order valence-electron chi connectivity index (χ0n) is 16.8. The van der Waals surface area contributed by atoms with Crippen molar-refractivity contribution in [3.8, 4) is 0 Å². The molecule has 0 atom stereocenters. The lowest BCUT2D eigenvalue weighted by molar-refractivity contribution is -0.115. The van der Waals surface area contributed by atoms with E-state index in [1.54, 1.807) is 24.3 Å². The number of thiocarbonyl (C=S) groups is 1. The molecule has 164 valence electrons. The Labute approximate surface area is 187 Å². The number of amides is 1. The van der Waals surface area contributed by atoms with Crippen LogP contribution in [0.4, 0.5) is 10.1 Å². The Kier molecular flexibility index (Phi) is 7.89. The van der Waals surface area contributed by atoms with E-state index >= 15 is 0 Å². The predicted octanol–water partition coefficient (Wildman–Crippen LogP) is 3.96. The van der Waals surface area contributed by atoms with Crippen molar-refractivity contribution in [2.45, 2.75) is 43.0 Å². The van der Waals surface area contributed by atoms with Gasteiger partial charge in [-0.3, -0.25) is 10.1 Å². The van der Waals surface area contributed by atoms with Gasteiger partial charge in [0.2, 0.25) is 15.9 Å². The maximum atomic E-state index is 12.9. The number of halogens is 1. The Hall–Kier alpha value is -2.62. The van der Waals surface area contributed by atoms with Gasteiger partial charge in [-0.05, 0) is 73.1 Å². The van der Waals surface area contributed by atoms with Crippen molar-refractivity contribution < 1.29 is 17.6 Å². The minimum absolute atomic E-state index is 0.0118. The highest BCUT2D eigenvalue weighted by atomic mass is 32.2. The molecule has 1 aliphatic rings. The van der Waals surface area contributed by atoms with Gasteiger partial charge in [0.1, 0.15) is 5.82 Å². The molecule has 0 aromatic heterocycles. The third kappa shape index (κ3) is 7.23. The maximum absolute atomic E-state index is 12.9. The fourth-order valence-electron chi connectivity index (χ4n) is 3.29. The normalized spacial score (nSPS) is 15.0. The van der Waals surface area contributed by atoms with Gasteiger partial charge >= 0.3 is 0 Å². The first-order valence-electron chi connectivity index (χ1n) is 10.00. The summed E-state index contributed by atoms with van der Waals surface area (Å²) in [6.07, 6.45) is 7.78. The van der Waals surface area contributed by atoms with Gasteiger partial charge in [-0.1, -0.05) is 31.4 Å². The lowest BCUT2D eigenvalue weighted by Gasteiger charge is -2.22. The minimum Gasteiger partial charge on any atom is -0.332 e. The second kappa shape index (κ2) is 10.6. The van der Waals surface area contributed by atoms with E-state index in [1.165, 1.54) is 36.4 Å². The van der Waals surface area contributed by atoms with Crippen LogP contribution in [0.5, 0.6) is 0 Å². The summed E-state index contributed by atoms with van der Waals surface area (Å²) < 4.78 is 40.8. The standard InChI is InChI=1S/C22H24FN3O3S2/c23-17-9-6-16(7-10-17)8-15-21(27)25-22(30)24-18-11-13-20(14-12-18)31(28,29)26-19-4-2-1-3-5-19/h6-15,19,26H,1-5H2,(H2,24,25,27,30). The summed E-state index contributed by atoms with van der Waals surface area (Å²) in [5, 5.41) is 5.41. The third-order valence-electron chi connectivity index (χ3n) is 4.88. The average Bonchev–Trinajstić information content (AvgIpc) is 2.74. The third-order valence-corrected chi connectivity index (χ3v) is 6.62. The molecule has 9 heteroatoms. The summed E-state index contributed by atoms with van der Waals surface area (Å²) in [6.45, 7) is 0. The molecule has 6 nitrogen and oxygen atoms in total. The van der Waals surface area contributed by atoms with Crippen LogP contribution >= 0.6 is 12.2 Å². The van der Waals surface area contributed by atoms with Crippen LogP contribution in [0.25, 0.3) is 6.08 Å². The van der Waals surface area contributed by atoms with Crippen molar-refractivity contribution in [3.05, 3.63) is 66.0 Å². The largest absolute Gasteiger partial charge is 0.332 e. The van der Waals surface area contributed by atoms with Crippen molar-refractivity contribution >= 4 is 45.0 Å². The molecule has 0 spiro atoms. The van der Waals surface area contributed by atoms with Crippen LogP contribution in [0.1, 0.15) is 37.7 Å². The number of benzene rings is 2. The molecule has 0 unspecified atom stereocenters. The van der Waals surface area contributed by atoms with E-state index in [4.69, 9.17) is 12.2 Å². The summed E-state index contributed by atoms with van der Waals surface area (Å²) in [4.78, 5) is 12.2. The predicted molar refractivity (Wildman–Crippen MR) is 123 cm³/mol. The van der Waals surface area contributed by atoms with E-state index < -0.39 is 15.9 Å². The molecule has 2 aromatic carbocycles. The van der Waals surface area contributed by atoms with E-state index in [1.807, 2.05) is 0 Å². The zero-order valence-corrected chi connectivity index (χ0v) is 18.4. The number of anilines is 1. The Morgan fingerprint density at radius 2 is 1.65 bits per heavy atom. The highest BCUT2D eigenvalue weighted by molar-refractivity contribution is 7.89. The smallest absolute Gasteiger partial charge is 0.250 e. The van der Waals surface area contributed by atoms with Gasteiger partial charge in [-0.25, -0.2) is 17.5 Å². The Morgan fingerprint density at radius 1 is 1.00 bits per heavy atom.